The van der Waals surface area contributed by atoms with Crippen LogP contribution in [0.2, 0.25) is 0 Å². The number of carbonyl (C=O) groups excluding carboxylic acids is 2. The van der Waals surface area contributed by atoms with Crippen LogP contribution >= 0.6 is 0 Å². The first kappa shape index (κ1) is 18.3. The van der Waals surface area contributed by atoms with Gasteiger partial charge in [-0.25, -0.2) is 0 Å². The van der Waals surface area contributed by atoms with Crippen LogP contribution in [0.4, 0.5) is 11.4 Å². The average Bonchev–Trinajstić information content (AvgIpc) is 3.31. The maximum absolute atomic E-state index is 13.3. The molecule has 0 aliphatic carbocycles. The number of anilines is 2. The third-order valence-corrected chi connectivity index (χ3v) is 5.46. The number of carbonyl (C=O) groups is 2. The van der Waals surface area contributed by atoms with Crippen LogP contribution in [-0.4, -0.2) is 48.9 Å². The monoisotopic (exact) mass is 384 g/mol. The van der Waals surface area contributed by atoms with Crippen molar-refractivity contribution in [3.05, 3.63) is 30.1 Å². The van der Waals surface area contributed by atoms with Crippen LogP contribution < -0.4 is 19.3 Å². The van der Waals surface area contributed by atoms with Crippen LogP contribution in [0, 0.1) is 5.92 Å². The Kier molecular flexibility index (Phi) is 4.70. The Morgan fingerprint density at radius 2 is 2.07 bits per heavy atom. The first-order valence-electron chi connectivity index (χ1n) is 9.37. The fourth-order valence-electron chi connectivity index (χ4n) is 4.05. The smallest absolute Gasteiger partial charge is 0.232 e. The summed E-state index contributed by atoms with van der Waals surface area (Å²) in [7, 11) is 5.02. The standard InChI is InChI=1S/C20H24N4O4/c1-22-12-14(10-21-22)24-11-13(7-19(24)25)20(26)23-6-4-5-16-17(23)8-15(27-2)9-18(16)28-3/h8-10,12-13H,4-7,11H2,1-3H3. The summed E-state index contributed by atoms with van der Waals surface area (Å²) < 4.78 is 12.5. The van der Waals surface area contributed by atoms with Crippen LogP contribution in [0.1, 0.15) is 18.4 Å². The molecule has 8 nitrogen and oxygen atoms in total. The van der Waals surface area contributed by atoms with Crippen molar-refractivity contribution in [1.29, 1.82) is 0 Å². The minimum absolute atomic E-state index is 0.0315. The van der Waals surface area contributed by atoms with E-state index in [9.17, 15) is 9.59 Å². The Morgan fingerprint density at radius 3 is 2.75 bits per heavy atom. The number of fused-ring (bicyclic) bond motifs is 1. The fourth-order valence-corrected chi connectivity index (χ4v) is 4.05. The van der Waals surface area contributed by atoms with Crippen molar-refractivity contribution in [2.24, 2.45) is 13.0 Å². The molecule has 4 rings (SSSR count). The predicted molar refractivity (Wildman–Crippen MR) is 104 cm³/mol. The Bertz CT molecular complexity index is 923. The number of aryl methyl sites for hydroxylation is 1. The van der Waals surface area contributed by atoms with Gasteiger partial charge in [-0.15, -0.1) is 0 Å². The van der Waals surface area contributed by atoms with E-state index in [0.717, 1.165) is 35.5 Å². The molecule has 8 heteroatoms. The third-order valence-electron chi connectivity index (χ3n) is 5.46. The van der Waals surface area contributed by atoms with E-state index in [1.54, 1.807) is 48.1 Å². The molecule has 2 aliphatic rings. The average molecular weight is 384 g/mol. The van der Waals surface area contributed by atoms with Crippen LogP contribution in [0.15, 0.2) is 24.5 Å². The Balaban J connectivity index is 1.61. The van der Waals surface area contributed by atoms with Crippen LogP contribution in [0.5, 0.6) is 11.5 Å². The van der Waals surface area contributed by atoms with Crippen molar-refractivity contribution in [3.63, 3.8) is 0 Å². The molecule has 2 aromatic rings. The minimum atomic E-state index is -0.379. The lowest BCUT2D eigenvalue weighted by Gasteiger charge is -2.32. The van der Waals surface area contributed by atoms with Gasteiger partial charge in [-0.2, -0.15) is 5.10 Å². The van der Waals surface area contributed by atoms with Gasteiger partial charge in [0.05, 0.1) is 37.7 Å². The van der Waals surface area contributed by atoms with Gasteiger partial charge in [-0.05, 0) is 12.8 Å². The molecule has 28 heavy (non-hydrogen) atoms. The predicted octanol–water partition coefficient (Wildman–Crippen LogP) is 1.77. The van der Waals surface area contributed by atoms with E-state index in [1.165, 1.54) is 0 Å². The third kappa shape index (κ3) is 3.08. The molecule has 1 aromatic heterocycles. The van der Waals surface area contributed by atoms with E-state index in [4.69, 9.17) is 9.47 Å². The van der Waals surface area contributed by atoms with E-state index in [1.807, 2.05) is 12.1 Å². The Hall–Kier alpha value is -3.03. The van der Waals surface area contributed by atoms with Crippen LogP contribution in [0.3, 0.4) is 0 Å². The molecule has 3 heterocycles. The molecule has 1 fully saturated rings. The number of nitrogens with zero attached hydrogens (tertiary/aromatic N) is 4. The molecular formula is C20H24N4O4. The van der Waals surface area contributed by atoms with Gasteiger partial charge in [-0.1, -0.05) is 0 Å². The number of ether oxygens (including phenoxy) is 2. The molecular weight excluding hydrogens is 360 g/mol. The number of hydrogen-bond acceptors (Lipinski definition) is 5. The lowest BCUT2D eigenvalue weighted by molar-refractivity contribution is -0.124. The van der Waals surface area contributed by atoms with Crippen molar-refractivity contribution >= 4 is 23.2 Å². The summed E-state index contributed by atoms with van der Waals surface area (Å²) in [5, 5.41) is 4.12. The molecule has 1 unspecified atom stereocenters. The van der Waals surface area contributed by atoms with Crippen molar-refractivity contribution in [3.8, 4) is 11.5 Å². The van der Waals surface area contributed by atoms with Gasteiger partial charge in [0.25, 0.3) is 0 Å². The maximum Gasteiger partial charge on any atom is 0.232 e. The Labute approximate surface area is 163 Å². The second-order valence-corrected chi connectivity index (χ2v) is 7.20. The highest BCUT2D eigenvalue weighted by Gasteiger charge is 2.39. The molecule has 2 aliphatic heterocycles. The van der Waals surface area contributed by atoms with Crippen molar-refractivity contribution in [2.45, 2.75) is 19.3 Å². The highest BCUT2D eigenvalue weighted by atomic mass is 16.5. The molecule has 0 radical (unpaired) electrons. The summed E-state index contributed by atoms with van der Waals surface area (Å²) >= 11 is 0. The first-order chi connectivity index (χ1) is 13.5. The minimum Gasteiger partial charge on any atom is -0.497 e. The summed E-state index contributed by atoms with van der Waals surface area (Å²) in [5.74, 6) is 0.916. The number of amides is 2. The Morgan fingerprint density at radius 1 is 1.25 bits per heavy atom. The van der Waals surface area contributed by atoms with Crippen molar-refractivity contribution in [1.82, 2.24) is 9.78 Å². The maximum atomic E-state index is 13.3. The normalized spacial score (nSPS) is 19.0. The molecule has 1 saturated heterocycles. The molecule has 2 amide bonds. The second kappa shape index (κ2) is 7.18. The number of benzene rings is 1. The van der Waals surface area contributed by atoms with Gasteiger partial charge in [0.2, 0.25) is 11.8 Å². The quantitative estimate of drug-likeness (QED) is 0.803. The molecule has 0 spiro atoms. The zero-order valence-corrected chi connectivity index (χ0v) is 16.3. The van der Waals surface area contributed by atoms with Gasteiger partial charge in [-0.3, -0.25) is 14.3 Å². The lowest BCUT2D eigenvalue weighted by Crippen LogP contribution is -2.40. The highest BCUT2D eigenvalue weighted by molar-refractivity contribution is 6.05. The van der Waals surface area contributed by atoms with Gasteiger partial charge < -0.3 is 19.3 Å². The SMILES string of the molecule is COc1cc(OC)c2c(c1)N(C(=O)C1CC(=O)N(c3cnn(C)c3)C1)CCC2. The van der Waals surface area contributed by atoms with Gasteiger partial charge in [0.15, 0.2) is 0 Å². The van der Waals surface area contributed by atoms with Crippen molar-refractivity contribution < 1.29 is 19.1 Å². The van der Waals surface area contributed by atoms with E-state index in [0.29, 0.717) is 18.8 Å². The van der Waals surface area contributed by atoms with E-state index >= 15 is 0 Å². The van der Waals surface area contributed by atoms with Gasteiger partial charge >= 0.3 is 0 Å². The summed E-state index contributed by atoms with van der Waals surface area (Å²) in [4.78, 5) is 29.3. The van der Waals surface area contributed by atoms with Crippen molar-refractivity contribution in [2.75, 3.05) is 37.1 Å². The van der Waals surface area contributed by atoms with E-state index in [2.05, 4.69) is 5.10 Å². The second-order valence-electron chi connectivity index (χ2n) is 7.20. The zero-order chi connectivity index (χ0) is 19.8. The molecule has 0 N–H and O–H groups in total. The molecule has 148 valence electrons. The highest BCUT2D eigenvalue weighted by Crippen LogP contribution is 2.39. The largest absolute Gasteiger partial charge is 0.497 e. The topological polar surface area (TPSA) is 76.9 Å². The lowest BCUT2D eigenvalue weighted by atomic mass is 9.97. The molecule has 0 bridgehead atoms. The first-order valence-corrected chi connectivity index (χ1v) is 9.37. The van der Waals surface area contributed by atoms with Gasteiger partial charge in [0, 0.05) is 50.5 Å². The van der Waals surface area contributed by atoms with Crippen LogP contribution in [0.25, 0.3) is 0 Å². The molecule has 1 atom stereocenters. The van der Waals surface area contributed by atoms with Crippen LogP contribution in [-0.2, 0) is 23.1 Å². The van der Waals surface area contributed by atoms with Gasteiger partial charge in [0.1, 0.15) is 11.5 Å². The number of aromatic nitrogens is 2. The summed E-state index contributed by atoms with van der Waals surface area (Å²) in [6.45, 7) is 0.996. The number of methoxy groups -OCH3 is 2. The summed E-state index contributed by atoms with van der Waals surface area (Å²) in [6, 6.07) is 3.72. The molecule has 1 aromatic carbocycles. The number of rotatable bonds is 4. The summed E-state index contributed by atoms with van der Waals surface area (Å²) in [5.41, 5.74) is 2.56. The zero-order valence-electron chi connectivity index (χ0n) is 16.3. The molecule has 0 saturated carbocycles. The number of hydrogen-bond donors (Lipinski definition) is 0. The van der Waals surface area contributed by atoms with E-state index < -0.39 is 0 Å². The summed E-state index contributed by atoms with van der Waals surface area (Å²) in [6.07, 6.45) is 5.35. The van der Waals surface area contributed by atoms with E-state index in [-0.39, 0.29) is 24.2 Å². The fraction of sp³-hybridized carbons (Fsp3) is 0.450.